The van der Waals surface area contributed by atoms with E-state index in [-0.39, 0.29) is 17.5 Å². The first-order valence-electron chi connectivity index (χ1n) is 7.26. The Morgan fingerprint density at radius 2 is 1.90 bits per heavy atom. The Morgan fingerprint density at radius 1 is 1.15 bits per heavy atom. The van der Waals surface area contributed by atoms with Crippen LogP contribution in [0.15, 0.2) is 11.3 Å². The molecule has 2 aliphatic carbocycles. The predicted molar refractivity (Wildman–Crippen MR) is 69.9 cm³/mol. The summed E-state index contributed by atoms with van der Waals surface area (Å²) in [4.78, 5) is 24.2. The molecule has 0 aromatic carbocycles. The zero-order valence-electron chi connectivity index (χ0n) is 11.8. The van der Waals surface area contributed by atoms with E-state index < -0.39 is 5.79 Å². The molecule has 3 rings (SSSR count). The van der Waals surface area contributed by atoms with Crippen molar-refractivity contribution in [1.29, 1.82) is 0 Å². The van der Waals surface area contributed by atoms with Gasteiger partial charge in [-0.15, -0.1) is 0 Å². The molecule has 2 fully saturated rings. The minimum atomic E-state index is -0.792. The van der Waals surface area contributed by atoms with E-state index in [1.165, 1.54) is 0 Å². The van der Waals surface area contributed by atoms with Gasteiger partial charge in [0, 0.05) is 37.7 Å². The molecule has 5 heteroatoms. The third-order valence-corrected chi connectivity index (χ3v) is 4.49. The van der Waals surface area contributed by atoms with Gasteiger partial charge in [0.15, 0.2) is 11.6 Å². The Bertz CT molecular complexity index is 459. The van der Waals surface area contributed by atoms with Gasteiger partial charge in [-0.1, -0.05) is 0 Å². The molecule has 0 N–H and O–H groups in total. The van der Waals surface area contributed by atoms with Gasteiger partial charge in [0.05, 0.1) is 26.2 Å². The van der Waals surface area contributed by atoms with Crippen molar-refractivity contribution in [3.8, 4) is 0 Å². The van der Waals surface area contributed by atoms with Gasteiger partial charge < -0.3 is 14.2 Å². The molecule has 1 atom stereocenters. The molecular weight excluding hydrogens is 260 g/mol. The second-order valence-electron chi connectivity index (χ2n) is 5.62. The zero-order valence-corrected chi connectivity index (χ0v) is 11.8. The number of methoxy groups -OCH3 is 1. The Kier molecular flexibility index (Phi) is 3.65. The van der Waals surface area contributed by atoms with Crippen molar-refractivity contribution in [2.24, 2.45) is 5.92 Å². The minimum absolute atomic E-state index is 0.0753. The van der Waals surface area contributed by atoms with E-state index in [9.17, 15) is 9.59 Å². The van der Waals surface area contributed by atoms with Gasteiger partial charge in [-0.25, -0.2) is 0 Å². The van der Waals surface area contributed by atoms with Gasteiger partial charge in [-0.3, -0.25) is 9.59 Å². The van der Waals surface area contributed by atoms with Crippen molar-refractivity contribution >= 4 is 11.6 Å². The van der Waals surface area contributed by atoms with E-state index in [4.69, 9.17) is 14.2 Å². The summed E-state index contributed by atoms with van der Waals surface area (Å²) in [6, 6.07) is 0. The van der Waals surface area contributed by atoms with Gasteiger partial charge in [-0.2, -0.15) is 0 Å². The average Bonchev–Trinajstić information content (AvgIpc) is 2.91. The number of rotatable bonds is 2. The Balaban J connectivity index is 2.01. The standard InChI is InChI=1S/C15H20O5/c1-18-13-4-2-3-12(17)14(13)11-9-10(16)5-6-15(11)19-7-8-20-15/h11H,2-9H2,1H3. The summed E-state index contributed by atoms with van der Waals surface area (Å²) in [5.41, 5.74) is 0.633. The van der Waals surface area contributed by atoms with Crippen LogP contribution in [0.2, 0.25) is 0 Å². The van der Waals surface area contributed by atoms with E-state index in [1.807, 2.05) is 0 Å². The zero-order chi connectivity index (χ0) is 14.2. The number of hydrogen-bond acceptors (Lipinski definition) is 5. The highest BCUT2D eigenvalue weighted by atomic mass is 16.7. The molecule has 5 nitrogen and oxygen atoms in total. The van der Waals surface area contributed by atoms with E-state index in [0.29, 0.717) is 50.2 Å². The first-order valence-corrected chi connectivity index (χ1v) is 7.26. The summed E-state index contributed by atoms with van der Waals surface area (Å²) in [5, 5.41) is 0. The molecule has 3 aliphatic rings. The van der Waals surface area contributed by atoms with Crippen LogP contribution in [0.4, 0.5) is 0 Å². The molecular formula is C15H20O5. The van der Waals surface area contributed by atoms with Gasteiger partial charge in [0.1, 0.15) is 11.5 Å². The summed E-state index contributed by atoms with van der Waals surface area (Å²) in [7, 11) is 1.58. The second-order valence-corrected chi connectivity index (χ2v) is 5.62. The lowest BCUT2D eigenvalue weighted by Gasteiger charge is -2.40. The third kappa shape index (κ3) is 2.19. The van der Waals surface area contributed by atoms with E-state index in [1.54, 1.807) is 7.11 Å². The van der Waals surface area contributed by atoms with E-state index >= 15 is 0 Å². The van der Waals surface area contributed by atoms with Crippen molar-refractivity contribution in [3.63, 3.8) is 0 Å². The summed E-state index contributed by atoms with van der Waals surface area (Å²) < 4.78 is 17.0. The smallest absolute Gasteiger partial charge is 0.176 e. The first kappa shape index (κ1) is 13.8. The molecule has 0 bridgehead atoms. The monoisotopic (exact) mass is 280 g/mol. The lowest BCUT2D eigenvalue weighted by atomic mass is 9.74. The lowest BCUT2D eigenvalue weighted by molar-refractivity contribution is -0.204. The maximum atomic E-state index is 12.3. The summed E-state index contributed by atoms with van der Waals surface area (Å²) in [6.07, 6.45) is 3.38. The fourth-order valence-corrected chi connectivity index (χ4v) is 3.55. The Hall–Kier alpha value is -1.20. The molecule has 1 saturated heterocycles. The second kappa shape index (κ2) is 5.30. The van der Waals surface area contributed by atoms with Crippen molar-refractivity contribution in [1.82, 2.24) is 0 Å². The summed E-state index contributed by atoms with van der Waals surface area (Å²) >= 11 is 0. The molecule has 0 aromatic rings. The van der Waals surface area contributed by atoms with Crippen LogP contribution in [0.3, 0.4) is 0 Å². The van der Waals surface area contributed by atoms with Crippen LogP contribution < -0.4 is 0 Å². The largest absolute Gasteiger partial charge is 0.501 e. The SMILES string of the molecule is COC1=C(C2CC(=O)CCC23OCCO3)C(=O)CCC1. The van der Waals surface area contributed by atoms with Crippen molar-refractivity contribution in [2.75, 3.05) is 20.3 Å². The van der Waals surface area contributed by atoms with Crippen LogP contribution in [0.25, 0.3) is 0 Å². The number of ether oxygens (including phenoxy) is 3. The van der Waals surface area contributed by atoms with Crippen LogP contribution >= 0.6 is 0 Å². The number of allylic oxidation sites excluding steroid dienone is 1. The van der Waals surface area contributed by atoms with Gasteiger partial charge in [-0.05, 0) is 6.42 Å². The highest BCUT2D eigenvalue weighted by Crippen LogP contribution is 2.45. The molecule has 1 heterocycles. The van der Waals surface area contributed by atoms with E-state index in [2.05, 4.69) is 0 Å². The number of hydrogen-bond donors (Lipinski definition) is 0. The summed E-state index contributed by atoms with van der Waals surface area (Å²) in [5.74, 6) is -0.152. The van der Waals surface area contributed by atoms with E-state index in [0.717, 1.165) is 12.8 Å². The highest BCUT2D eigenvalue weighted by Gasteiger charge is 2.52. The molecule has 110 valence electrons. The maximum Gasteiger partial charge on any atom is 0.176 e. The molecule has 0 aromatic heterocycles. The van der Waals surface area contributed by atoms with Gasteiger partial charge in [0.25, 0.3) is 0 Å². The molecule has 1 unspecified atom stereocenters. The molecule has 1 spiro atoms. The average molecular weight is 280 g/mol. The quantitative estimate of drug-likeness (QED) is 0.771. The normalized spacial score (nSPS) is 30.1. The molecule has 0 amide bonds. The highest BCUT2D eigenvalue weighted by molar-refractivity contribution is 5.98. The Morgan fingerprint density at radius 3 is 2.60 bits per heavy atom. The summed E-state index contributed by atoms with van der Waals surface area (Å²) in [6.45, 7) is 1.04. The Labute approximate surface area is 118 Å². The van der Waals surface area contributed by atoms with Crippen LogP contribution in [0, 0.1) is 5.92 Å². The number of ketones is 2. The lowest BCUT2D eigenvalue weighted by Crippen LogP contribution is -2.47. The molecule has 1 aliphatic heterocycles. The molecule has 20 heavy (non-hydrogen) atoms. The number of carbonyl (C=O) groups excluding carboxylic acids is 2. The van der Waals surface area contributed by atoms with Gasteiger partial charge >= 0.3 is 0 Å². The third-order valence-electron chi connectivity index (χ3n) is 4.49. The molecule has 0 radical (unpaired) electrons. The first-order chi connectivity index (χ1) is 9.66. The van der Waals surface area contributed by atoms with Crippen molar-refractivity contribution < 1.29 is 23.8 Å². The fourth-order valence-electron chi connectivity index (χ4n) is 3.55. The minimum Gasteiger partial charge on any atom is -0.501 e. The number of carbonyl (C=O) groups is 2. The van der Waals surface area contributed by atoms with Crippen LogP contribution in [0.1, 0.15) is 38.5 Å². The predicted octanol–water partition coefficient (Wildman–Crippen LogP) is 1.75. The number of Topliss-reactive ketones (excluding diaryl/α,β-unsaturated/α-hetero) is 2. The molecule has 1 saturated carbocycles. The maximum absolute atomic E-state index is 12.3. The van der Waals surface area contributed by atoms with Gasteiger partial charge in [0.2, 0.25) is 0 Å². The van der Waals surface area contributed by atoms with Crippen LogP contribution in [-0.4, -0.2) is 37.7 Å². The fraction of sp³-hybridized carbons (Fsp3) is 0.733. The van der Waals surface area contributed by atoms with Crippen molar-refractivity contribution in [2.45, 2.75) is 44.3 Å². The van der Waals surface area contributed by atoms with Crippen molar-refractivity contribution in [3.05, 3.63) is 11.3 Å². The van der Waals surface area contributed by atoms with Crippen LogP contribution in [-0.2, 0) is 23.8 Å². The van der Waals surface area contributed by atoms with Crippen LogP contribution in [0.5, 0.6) is 0 Å². The topological polar surface area (TPSA) is 61.8 Å².